The first-order valence-electron chi connectivity index (χ1n) is 6.70. The summed E-state index contributed by atoms with van der Waals surface area (Å²) in [5.41, 5.74) is 0.484. The molecule has 0 aliphatic rings. The van der Waals surface area contributed by atoms with Crippen LogP contribution in [-0.2, 0) is 0 Å². The predicted molar refractivity (Wildman–Crippen MR) is 89.4 cm³/mol. The van der Waals surface area contributed by atoms with Gasteiger partial charge in [0.25, 0.3) is 11.8 Å². The molecule has 9 nitrogen and oxygen atoms in total. The van der Waals surface area contributed by atoms with Crippen LogP contribution in [-0.4, -0.2) is 37.2 Å². The van der Waals surface area contributed by atoms with Crippen molar-refractivity contribution in [2.24, 2.45) is 0 Å². The van der Waals surface area contributed by atoms with Gasteiger partial charge in [-0.1, -0.05) is 22.7 Å². The average molecular weight is 361 g/mol. The SMILES string of the molecule is Cc1nnc(NC(=O)c2ccc(C(=O)Nc3nnc(C)s3)nc2)s1. The number of hydrogen-bond donors (Lipinski definition) is 2. The van der Waals surface area contributed by atoms with Crippen molar-refractivity contribution < 1.29 is 9.59 Å². The van der Waals surface area contributed by atoms with Crippen LogP contribution in [0, 0.1) is 13.8 Å². The van der Waals surface area contributed by atoms with E-state index in [-0.39, 0.29) is 11.6 Å². The molecular weight excluding hydrogens is 350 g/mol. The van der Waals surface area contributed by atoms with Crippen molar-refractivity contribution in [3.63, 3.8) is 0 Å². The molecule has 3 aromatic heterocycles. The van der Waals surface area contributed by atoms with Crippen LogP contribution < -0.4 is 10.6 Å². The molecule has 2 N–H and O–H groups in total. The third kappa shape index (κ3) is 3.75. The summed E-state index contributed by atoms with van der Waals surface area (Å²) in [5.74, 6) is -0.789. The van der Waals surface area contributed by atoms with Gasteiger partial charge in [-0.2, -0.15) is 0 Å². The van der Waals surface area contributed by atoms with Crippen molar-refractivity contribution in [2.45, 2.75) is 13.8 Å². The van der Waals surface area contributed by atoms with Crippen LogP contribution in [0.1, 0.15) is 30.9 Å². The molecule has 3 heterocycles. The Bertz CT molecular complexity index is 815. The van der Waals surface area contributed by atoms with E-state index in [1.807, 2.05) is 0 Å². The maximum absolute atomic E-state index is 12.1. The second-order valence-electron chi connectivity index (χ2n) is 4.59. The molecule has 0 spiro atoms. The van der Waals surface area contributed by atoms with Crippen molar-refractivity contribution in [2.75, 3.05) is 10.6 Å². The molecule has 0 fully saturated rings. The summed E-state index contributed by atoms with van der Waals surface area (Å²) < 4.78 is 0. The Morgan fingerprint density at radius 1 is 0.875 bits per heavy atom. The summed E-state index contributed by atoms with van der Waals surface area (Å²) >= 11 is 2.54. The predicted octanol–water partition coefficient (Wildman–Crippen LogP) is 1.91. The van der Waals surface area contributed by atoms with Gasteiger partial charge in [0.1, 0.15) is 15.7 Å². The highest BCUT2D eigenvalue weighted by Gasteiger charge is 2.13. The average Bonchev–Trinajstić information content (AvgIpc) is 3.15. The van der Waals surface area contributed by atoms with Crippen LogP contribution in [0.2, 0.25) is 0 Å². The number of amides is 2. The lowest BCUT2D eigenvalue weighted by Crippen LogP contribution is -2.16. The van der Waals surface area contributed by atoms with E-state index < -0.39 is 5.91 Å². The number of nitrogens with one attached hydrogen (secondary N) is 2. The van der Waals surface area contributed by atoms with E-state index in [1.54, 1.807) is 13.8 Å². The Kier molecular flexibility index (Phi) is 4.53. The van der Waals surface area contributed by atoms with Crippen molar-refractivity contribution in [3.8, 4) is 0 Å². The monoisotopic (exact) mass is 361 g/mol. The summed E-state index contributed by atoms with van der Waals surface area (Å²) in [6.45, 7) is 3.58. The third-order valence-electron chi connectivity index (χ3n) is 2.75. The second kappa shape index (κ2) is 6.76. The first-order valence-corrected chi connectivity index (χ1v) is 8.33. The molecule has 0 aromatic carbocycles. The van der Waals surface area contributed by atoms with Gasteiger partial charge in [0.2, 0.25) is 10.3 Å². The summed E-state index contributed by atoms with van der Waals surface area (Å²) in [7, 11) is 0. The van der Waals surface area contributed by atoms with Gasteiger partial charge in [-0.3, -0.25) is 25.2 Å². The summed E-state index contributed by atoms with van der Waals surface area (Å²) in [5, 5.41) is 22.8. The molecule has 0 bridgehead atoms. The fourth-order valence-corrected chi connectivity index (χ4v) is 2.86. The molecule has 122 valence electrons. The maximum atomic E-state index is 12.1. The van der Waals surface area contributed by atoms with Crippen LogP contribution in [0.15, 0.2) is 18.3 Å². The molecule has 3 rings (SSSR count). The molecule has 11 heteroatoms. The maximum Gasteiger partial charge on any atom is 0.276 e. The number of nitrogens with zero attached hydrogens (tertiary/aromatic N) is 5. The Morgan fingerprint density at radius 2 is 1.46 bits per heavy atom. The standard InChI is InChI=1S/C13H11N7O2S2/c1-6-17-19-12(23-6)15-10(21)8-3-4-9(14-5-8)11(22)16-13-20-18-7(2)24-13/h3-5H,1-2H3,(H,15,19,21)(H,16,20,22). The molecule has 0 radical (unpaired) electrons. The molecule has 0 aliphatic carbocycles. The highest BCUT2D eigenvalue weighted by Crippen LogP contribution is 2.16. The summed E-state index contributed by atoms with van der Waals surface area (Å²) in [6.07, 6.45) is 1.32. The Hall–Kier alpha value is -2.79. The zero-order chi connectivity index (χ0) is 17.1. The fraction of sp³-hybridized carbons (Fsp3) is 0.154. The first-order chi connectivity index (χ1) is 11.5. The number of carbonyl (C=O) groups is 2. The van der Waals surface area contributed by atoms with Gasteiger partial charge >= 0.3 is 0 Å². The quantitative estimate of drug-likeness (QED) is 0.727. The lowest BCUT2D eigenvalue weighted by atomic mass is 10.2. The Labute approximate surface area is 144 Å². The van der Waals surface area contributed by atoms with E-state index in [9.17, 15) is 9.59 Å². The minimum Gasteiger partial charge on any atom is -0.296 e. The molecule has 24 heavy (non-hydrogen) atoms. The first kappa shape index (κ1) is 16.1. The Morgan fingerprint density at radius 3 is 1.92 bits per heavy atom. The third-order valence-corrected chi connectivity index (χ3v) is 4.26. The lowest BCUT2D eigenvalue weighted by Gasteiger charge is -2.03. The van der Waals surface area contributed by atoms with Gasteiger partial charge in [-0.25, -0.2) is 0 Å². The van der Waals surface area contributed by atoms with E-state index in [0.717, 1.165) is 10.0 Å². The van der Waals surface area contributed by atoms with Gasteiger partial charge in [0, 0.05) is 6.20 Å². The normalized spacial score (nSPS) is 10.4. The largest absolute Gasteiger partial charge is 0.296 e. The van der Waals surface area contributed by atoms with Crippen LogP contribution >= 0.6 is 22.7 Å². The molecule has 0 unspecified atom stereocenters. The highest BCUT2D eigenvalue weighted by atomic mass is 32.1. The summed E-state index contributed by atoms with van der Waals surface area (Å²) in [6, 6.07) is 2.97. The smallest absolute Gasteiger partial charge is 0.276 e. The highest BCUT2D eigenvalue weighted by molar-refractivity contribution is 7.15. The van der Waals surface area contributed by atoms with Gasteiger partial charge in [0.05, 0.1) is 5.56 Å². The molecule has 0 saturated heterocycles. The van der Waals surface area contributed by atoms with E-state index in [0.29, 0.717) is 15.8 Å². The molecular formula is C13H11N7O2S2. The van der Waals surface area contributed by atoms with Crippen molar-refractivity contribution in [1.82, 2.24) is 25.4 Å². The topological polar surface area (TPSA) is 123 Å². The Balaban J connectivity index is 1.66. The molecule has 0 aliphatic heterocycles. The lowest BCUT2D eigenvalue weighted by molar-refractivity contribution is 0.101. The number of aromatic nitrogens is 5. The molecule has 2 amide bonds. The number of carbonyl (C=O) groups excluding carboxylic acids is 2. The van der Waals surface area contributed by atoms with Crippen LogP contribution in [0.5, 0.6) is 0 Å². The number of rotatable bonds is 4. The zero-order valence-electron chi connectivity index (χ0n) is 12.6. The second-order valence-corrected chi connectivity index (χ2v) is 6.96. The van der Waals surface area contributed by atoms with Crippen LogP contribution in [0.25, 0.3) is 0 Å². The van der Waals surface area contributed by atoms with Gasteiger partial charge in [0.15, 0.2) is 0 Å². The zero-order valence-corrected chi connectivity index (χ0v) is 14.2. The van der Waals surface area contributed by atoms with Gasteiger partial charge in [-0.15, -0.1) is 20.4 Å². The number of anilines is 2. The van der Waals surface area contributed by atoms with E-state index >= 15 is 0 Å². The van der Waals surface area contributed by atoms with E-state index in [2.05, 4.69) is 36.0 Å². The van der Waals surface area contributed by atoms with Crippen molar-refractivity contribution in [1.29, 1.82) is 0 Å². The molecule has 0 atom stereocenters. The molecule has 0 saturated carbocycles. The van der Waals surface area contributed by atoms with E-state index in [4.69, 9.17) is 0 Å². The number of hydrogen-bond acceptors (Lipinski definition) is 9. The van der Waals surface area contributed by atoms with Crippen molar-refractivity contribution >= 4 is 44.8 Å². The minimum absolute atomic E-state index is 0.172. The number of pyridine rings is 1. The van der Waals surface area contributed by atoms with Gasteiger partial charge in [-0.05, 0) is 26.0 Å². The van der Waals surface area contributed by atoms with Crippen LogP contribution in [0.3, 0.4) is 0 Å². The number of aryl methyl sites for hydroxylation is 2. The molecule has 3 aromatic rings. The fourth-order valence-electron chi connectivity index (χ4n) is 1.69. The van der Waals surface area contributed by atoms with Crippen molar-refractivity contribution in [3.05, 3.63) is 39.6 Å². The van der Waals surface area contributed by atoms with E-state index in [1.165, 1.54) is 41.0 Å². The van der Waals surface area contributed by atoms with Crippen LogP contribution in [0.4, 0.5) is 10.3 Å². The minimum atomic E-state index is -0.419. The van der Waals surface area contributed by atoms with Gasteiger partial charge < -0.3 is 0 Å². The summed E-state index contributed by atoms with van der Waals surface area (Å²) in [4.78, 5) is 28.1.